The van der Waals surface area contributed by atoms with Crippen molar-refractivity contribution in [3.63, 3.8) is 0 Å². The van der Waals surface area contributed by atoms with E-state index in [0.717, 1.165) is 76.8 Å². The molecule has 3 rings (SSSR count). The summed E-state index contributed by atoms with van der Waals surface area (Å²) in [6.45, 7) is 7.51. The second-order valence-corrected chi connectivity index (χ2v) is 8.39. The fourth-order valence-corrected chi connectivity index (χ4v) is 4.64. The molecule has 6 nitrogen and oxygen atoms in total. The lowest BCUT2D eigenvalue weighted by molar-refractivity contribution is -0.139. The van der Waals surface area contributed by atoms with E-state index in [0.29, 0.717) is 12.1 Å². The Hall–Kier alpha value is -1.85. The molecule has 2 amide bonds. The van der Waals surface area contributed by atoms with Crippen LogP contribution in [-0.2, 0) is 18.3 Å². The number of aryl methyl sites for hydroxylation is 2. The molecule has 27 heavy (non-hydrogen) atoms. The second kappa shape index (κ2) is 8.44. The van der Waals surface area contributed by atoms with Gasteiger partial charge in [-0.25, -0.2) is 0 Å². The Morgan fingerprint density at radius 3 is 2.78 bits per heavy atom. The van der Waals surface area contributed by atoms with Crippen LogP contribution in [0.3, 0.4) is 0 Å². The molecule has 1 aromatic heterocycles. The van der Waals surface area contributed by atoms with Crippen molar-refractivity contribution in [2.24, 2.45) is 12.5 Å². The van der Waals surface area contributed by atoms with Gasteiger partial charge in [-0.1, -0.05) is 26.7 Å². The van der Waals surface area contributed by atoms with E-state index in [1.807, 2.05) is 22.9 Å². The summed E-state index contributed by atoms with van der Waals surface area (Å²) in [6.07, 6.45) is 7.74. The number of unbranched alkanes of at least 4 members (excludes halogenated alkanes) is 1. The van der Waals surface area contributed by atoms with Gasteiger partial charge in [0.25, 0.3) is 5.91 Å². The highest BCUT2D eigenvalue weighted by atomic mass is 16.2. The lowest BCUT2D eigenvalue weighted by Gasteiger charge is -2.48. The number of aromatic nitrogens is 2. The number of likely N-dealkylation sites (tertiary alicyclic amines) is 2. The predicted octanol–water partition coefficient (Wildman–Crippen LogP) is 3.02. The summed E-state index contributed by atoms with van der Waals surface area (Å²) in [6, 6.07) is 1.95. The van der Waals surface area contributed by atoms with E-state index >= 15 is 0 Å². The topological polar surface area (TPSA) is 58.4 Å². The van der Waals surface area contributed by atoms with Crippen molar-refractivity contribution in [1.82, 2.24) is 19.6 Å². The highest BCUT2D eigenvalue weighted by molar-refractivity contribution is 5.92. The Morgan fingerprint density at radius 2 is 2.04 bits per heavy atom. The summed E-state index contributed by atoms with van der Waals surface area (Å²) in [7, 11) is 1.86. The molecule has 0 aromatic carbocycles. The number of rotatable bonds is 6. The fourth-order valence-electron chi connectivity index (χ4n) is 4.64. The molecule has 6 heteroatoms. The first-order chi connectivity index (χ1) is 13.0. The molecule has 1 atom stereocenters. The molecule has 0 bridgehead atoms. The van der Waals surface area contributed by atoms with Gasteiger partial charge in [0.2, 0.25) is 5.91 Å². The van der Waals surface area contributed by atoms with E-state index < -0.39 is 0 Å². The minimum absolute atomic E-state index is 0.0698. The molecule has 150 valence electrons. The maximum Gasteiger partial charge on any atom is 0.272 e. The smallest absolute Gasteiger partial charge is 0.272 e. The minimum atomic E-state index is 0.0698. The zero-order valence-corrected chi connectivity index (χ0v) is 17.2. The maximum atomic E-state index is 13.2. The Kier molecular flexibility index (Phi) is 6.22. The van der Waals surface area contributed by atoms with Crippen LogP contribution in [0.2, 0.25) is 0 Å². The van der Waals surface area contributed by atoms with Gasteiger partial charge in [-0.2, -0.15) is 5.10 Å². The predicted molar refractivity (Wildman–Crippen MR) is 105 cm³/mol. The molecule has 0 unspecified atom stereocenters. The van der Waals surface area contributed by atoms with Crippen LogP contribution in [0.1, 0.15) is 75.0 Å². The van der Waals surface area contributed by atoms with Crippen LogP contribution < -0.4 is 0 Å². The fraction of sp³-hybridized carbons (Fsp3) is 0.762. The summed E-state index contributed by atoms with van der Waals surface area (Å²) in [4.78, 5) is 29.5. The van der Waals surface area contributed by atoms with Crippen molar-refractivity contribution in [2.45, 2.75) is 65.2 Å². The van der Waals surface area contributed by atoms with E-state index in [-0.39, 0.29) is 17.2 Å². The number of piperidine rings is 2. The first-order valence-electron chi connectivity index (χ1n) is 10.6. The van der Waals surface area contributed by atoms with Crippen LogP contribution >= 0.6 is 0 Å². The van der Waals surface area contributed by atoms with Gasteiger partial charge in [-0.15, -0.1) is 0 Å². The zero-order chi connectivity index (χ0) is 19.4. The van der Waals surface area contributed by atoms with Crippen LogP contribution in [-0.4, -0.2) is 57.6 Å². The Bertz CT molecular complexity index is 684. The number of hydrogen-bond acceptors (Lipinski definition) is 3. The first-order valence-corrected chi connectivity index (χ1v) is 10.6. The second-order valence-electron chi connectivity index (χ2n) is 8.39. The largest absolute Gasteiger partial charge is 0.342 e. The molecule has 2 saturated heterocycles. The van der Waals surface area contributed by atoms with Crippen molar-refractivity contribution in [1.29, 1.82) is 0 Å². The van der Waals surface area contributed by atoms with E-state index in [2.05, 4.69) is 18.9 Å². The zero-order valence-electron chi connectivity index (χ0n) is 17.2. The van der Waals surface area contributed by atoms with Crippen LogP contribution in [0.25, 0.3) is 0 Å². The lowest BCUT2D eigenvalue weighted by Crippen LogP contribution is -2.55. The van der Waals surface area contributed by atoms with Crippen LogP contribution in [0.4, 0.5) is 0 Å². The average molecular weight is 375 g/mol. The third-order valence-electron chi connectivity index (χ3n) is 6.13. The summed E-state index contributed by atoms with van der Waals surface area (Å²) in [5, 5.41) is 4.49. The number of amides is 2. The molecule has 0 aliphatic carbocycles. The number of nitrogens with zero attached hydrogens (tertiary/aromatic N) is 4. The number of carbonyl (C=O) groups is 2. The molecule has 3 heterocycles. The molecule has 0 N–H and O–H groups in total. The van der Waals surface area contributed by atoms with Gasteiger partial charge in [0, 0.05) is 45.1 Å². The number of hydrogen-bond donors (Lipinski definition) is 0. The third kappa shape index (κ3) is 4.36. The lowest BCUT2D eigenvalue weighted by atomic mass is 9.73. The molecule has 0 saturated carbocycles. The summed E-state index contributed by atoms with van der Waals surface area (Å²) < 4.78 is 1.73. The van der Waals surface area contributed by atoms with Gasteiger partial charge >= 0.3 is 0 Å². The quantitative estimate of drug-likeness (QED) is 0.769. The van der Waals surface area contributed by atoms with Crippen LogP contribution in [0.15, 0.2) is 6.07 Å². The molecule has 2 fully saturated rings. The highest BCUT2D eigenvalue weighted by Crippen LogP contribution is 2.39. The summed E-state index contributed by atoms with van der Waals surface area (Å²) in [5.41, 5.74) is 1.75. The van der Waals surface area contributed by atoms with Gasteiger partial charge in [-0.3, -0.25) is 14.3 Å². The monoisotopic (exact) mass is 374 g/mol. The maximum absolute atomic E-state index is 13.2. The van der Waals surface area contributed by atoms with Gasteiger partial charge in [0.15, 0.2) is 0 Å². The summed E-state index contributed by atoms with van der Waals surface area (Å²) >= 11 is 0. The Morgan fingerprint density at radius 1 is 1.22 bits per heavy atom. The van der Waals surface area contributed by atoms with E-state index in [1.165, 1.54) is 0 Å². The third-order valence-corrected chi connectivity index (χ3v) is 6.13. The molecular formula is C21H34N4O2. The highest BCUT2D eigenvalue weighted by Gasteiger charge is 2.42. The molecule has 1 aromatic rings. The SMILES string of the molecule is CCCCN1C[C@@]2(CCCN(C(=O)c3cc(CCC)nn3C)C2)CCC1=O. The van der Waals surface area contributed by atoms with E-state index in [4.69, 9.17) is 0 Å². The summed E-state index contributed by atoms with van der Waals surface area (Å²) in [5.74, 6) is 0.372. The van der Waals surface area contributed by atoms with Crippen molar-refractivity contribution >= 4 is 11.8 Å². The molecule has 2 aliphatic heterocycles. The normalized spacial score (nSPS) is 23.3. The van der Waals surface area contributed by atoms with Crippen molar-refractivity contribution in [2.75, 3.05) is 26.2 Å². The van der Waals surface area contributed by atoms with Crippen molar-refractivity contribution < 1.29 is 9.59 Å². The first kappa shape index (κ1) is 19.9. The minimum Gasteiger partial charge on any atom is -0.342 e. The molecular weight excluding hydrogens is 340 g/mol. The van der Waals surface area contributed by atoms with Gasteiger partial charge in [0.1, 0.15) is 5.69 Å². The van der Waals surface area contributed by atoms with Gasteiger partial charge in [0.05, 0.1) is 5.69 Å². The van der Waals surface area contributed by atoms with Gasteiger partial charge in [-0.05, 0) is 38.2 Å². The average Bonchev–Trinajstić information content (AvgIpc) is 3.03. The van der Waals surface area contributed by atoms with E-state index in [9.17, 15) is 9.59 Å². The molecule has 1 spiro atoms. The Balaban J connectivity index is 1.71. The van der Waals surface area contributed by atoms with Crippen LogP contribution in [0.5, 0.6) is 0 Å². The Labute approximate surface area is 162 Å². The standard InChI is InChI=1S/C21H34N4O2/c1-4-6-12-24-15-21(11-9-19(24)26)10-7-13-25(16-21)20(27)18-14-17(8-5-2)22-23(18)3/h14H,4-13,15-16H2,1-3H3/t21-/m1/s1. The molecule has 0 radical (unpaired) electrons. The van der Waals surface area contributed by atoms with Crippen molar-refractivity contribution in [3.05, 3.63) is 17.5 Å². The molecule has 2 aliphatic rings. The van der Waals surface area contributed by atoms with E-state index in [1.54, 1.807) is 4.68 Å². The van der Waals surface area contributed by atoms with Crippen molar-refractivity contribution in [3.8, 4) is 0 Å². The van der Waals surface area contributed by atoms with Crippen LogP contribution in [0, 0.1) is 5.41 Å². The number of carbonyl (C=O) groups excluding carboxylic acids is 2. The van der Waals surface area contributed by atoms with Gasteiger partial charge < -0.3 is 9.80 Å².